The Bertz CT molecular complexity index is 434. The molecule has 1 aromatic carbocycles. The lowest BCUT2D eigenvalue weighted by Gasteiger charge is -2.20. The Morgan fingerprint density at radius 2 is 1.95 bits per heavy atom. The van der Waals surface area contributed by atoms with Crippen LogP contribution in [0.3, 0.4) is 0 Å². The number of hydrogen-bond donors (Lipinski definition) is 1. The highest BCUT2D eigenvalue weighted by Gasteiger charge is 2.16. The Kier molecular flexibility index (Phi) is 5.18. The molecule has 0 heterocycles. The lowest BCUT2D eigenvalue weighted by molar-refractivity contribution is -0.0167. The Morgan fingerprint density at radius 1 is 1.26 bits per heavy atom. The molecule has 0 amide bonds. The van der Waals surface area contributed by atoms with Gasteiger partial charge in [-0.2, -0.15) is 0 Å². The molecule has 5 nitrogen and oxygen atoms in total. The molecule has 0 radical (unpaired) electrons. The summed E-state index contributed by atoms with van der Waals surface area (Å²) >= 11 is 0. The van der Waals surface area contributed by atoms with Crippen LogP contribution in [0.25, 0.3) is 0 Å². The fraction of sp³-hybridized carbons (Fsp3) is 0.500. The molecular formula is C14H20O5. The van der Waals surface area contributed by atoms with Crippen molar-refractivity contribution in [3.05, 3.63) is 23.8 Å². The number of carboxylic acid groups (broad SMARTS) is 1. The van der Waals surface area contributed by atoms with Gasteiger partial charge in [0.25, 0.3) is 0 Å². The van der Waals surface area contributed by atoms with E-state index in [4.69, 9.17) is 19.3 Å². The number of para-hydroxylation sites is 1. The molecule has 0 unspecified atom stereocenters. The first-order chi connectivity index (χ1) is 8.85. The van der Waals surface area contributed by atoms with Crippen LogP contribution in [0, 0.1) is 0 Å². The summed E-state index contributed by atoms with van der Waals surface area (Å²) in [5, 5.41) is 9.10. The van der Waals surface area contributed by atoms with Crippen molar-refractivity contribution in [3.8, 4) is 11.5 Å². The van der Waals surface area contributed by atoms with Gasteiger partial charge in [0.15, 0.2) is 11.5 Å². The fourth-order valence-corrected chi connectivity index (χ4v) is 1.49. The van der Waals surface area contributed by atoms with Crippen LogP contribution in [0.1, 0.15) is 31.1 Å². The van der Waals surface area contributed by atoms with Gasteiger partial charge in [-0.3, -0.25) is 0 Å². The second kappa shape index (κ2) is 6.43. The van der Waals surface area contributed by atoms with Gasteiger partial charge in [-0.25, -0.2) is 4.79 Å². The molecule has 0 aromatic heterocycles. The van der Waals surface area contributed by atoms with Crippen molar-refractivity contribution in [2.24, 2.45) is 0 Å². The summed E-state index contributed by atoms with van der Waals surface area (Å²) in [5.41, 5.74) is -0.171. The van der Waals surface area contributed by atoms with E-state index >= 15 is 0 Å². The minimum atomic E-state index is -1.05. The minimum Gasteiger partial charge on any atom is -0.493 e. The van der Waals surface area contributed by atoms with Gasteiger partial charge < -0.3 is 19.3 Å². The third kappa shape index (κ3) is 4.79. The van der Waals surface area contributed by atoms with E-state index in [1.807, 2.05) is 20.8 Å². The van der Waals surface area contributed by atoms with Crippen LogP contribution < -0.4 is 9.47 Å². The lowest BCUT2D eigenvalue weighted by Crippen LogP contribution is -2.22. The fourth-order valence-electron chi connectivity index (χ4n) is 1.49. The van der Waals surface area contributed by atoms with E-state index in [9.17, 15) is 4.79 Å². The predicted octanol–water partition coefficient (Wildman–Crippen LogP) is 2.59. The van der Waals surface area contributed by atoms with Crippen molar-refractivity contribution in [2.45, 2.75) is 26.4 Å². The Morgan fingerprint density at radius 3 is 2.47 bits per heavy atom. The number of methoxy groups -OCH3 is 1. The monoisotopic (exact) mass is 268 g/mol. The summed E-state index contributed by atoms with van der Waals surface area (Å²) in [6.07, 6.45) is 0. The first-order valence-electron chi connectivity index (χ1n) is 6.02. The third-order valence-corrected chi connectivity index (χ3v) is 2.29. The van der Waals surface area contributed by atoms with Gasteiger partial charge in [-0.1, -0.05) is 6.07 Å². The van der Waals surface area contributed by atoms with Crippen molar-refractivity contribution in [1.29, 1.82) is 0 Å². The minimum absolute atomic E-state index is 0.0788. The average Bonchev–Trinajstić information content (AvgIpc) is 2.33. The molecule has 0 saturated heterocycles. The van der Waals surface area contributed by atoms with E-state index in [0.29, 0.717) is 12.4 Å². The highest BCUT2D eigenvalue weighted by molar-refractivity contribution is 5.92. The number of carbonyl (C=O) groups is 1. The lowest BCUT2D eigenvalue weighted by atomic mass is 10.2. The van der Waals surface area contributed by atoms with E-state index in [2.05, 4.69) is 0 Å². The van der Waals surface area contributed by atoms with Crippen molar-refractivity contribution in [3.63, 3.8) is 0 Å². The zero-order valence-corrected chi connectivity index (χ0v) is 11.7. The average molecular weight is 268 g/mol. The smallest absolute Gasteiger partial charge is 0.339 e. The molecule has 0 spiro atoms. The van der Waals surface area contributed by atoms with E-state index in [1.165, 1.54) is 13.2 Å². The van der Waals surface area contributed by atoms with Crippen LogP contribution in [0.5, 0.6) is 11.5 Å². The van der Waals surface area contributed by atoms with Crippen molar-refractivity contribution < 1.29 is 24.1 Å². The first kappa shape index (κ1) is 15.3. The van der Waals surface area contributed by atoms with Crippen LogP contribution in [-0.2, 0) is 4.74 Å². The van der Waals surface area contributed by atoms with Gasteiger partial charge in [0.2, 0.25) is 0 Å². The molecule has 0 aliphatic carbocycles. The summed E-state index contributed by atoms with van der Waals surface area (Å²) in [4.78, 5) is 11.1. The van der Waals surface area contributed by atoms with Gasteiger partial charge in [-0.15, -0.1) is 0 Å². The Hall–Kier alpha value is -1.75. The number of ether oxygens (including phenoxy) is 3. The SMILES string of the molecule is COc1cccc(C(=O)O)c1OCCOC(C)(C)C. The maximum atomic E-state index is 11.1. The molecule has 0 aliphatic rings. The molecule has 5 heteroatoms. The predicted molar refractivity (Wildman–Crippen MR) is 71.2 cm³/mol. The van der Waals surface area contributed by atoms with Gasteiger partial charge in [0.1, 0.15) is 12.2 Å². The Balaban J connectivity index is 2.73. The molecule has 0 saturated carbocycles. The largest absolute Gasteiger partial charge is 0.493 e. The third-order valence-electron chi connectivity index (χ3n) is 2.29. The van der Waals surface area contributed by atoms with E-state index in [-0.39, 0.29) is 23.5 Å². The molecule has 0 aliphatic heterocycles. The second-order valence-corrected chi connectivity index (χ2v) is 4.95. The summed E-state index contributed by atoms with van der Waals surface area (Å²) in [6.45, 7) is 6.47. The molecule has 106 valence electrons. The number of benzene rings is 1. The van der Waals surface area contributed by atoms with E-state index in [0.717, 1.165) is 0 Å². The summed E-state index contributed by atoms with van der Waals surface area (Å²) in [5.74, 6) is -0.420. The maximum Gasteiger partial charge on any atom is 0.339 e. The molecule has 1 N–H and O–H groups in total. The van der Waals surface area contributed by atoms with E-state index in [1.54, 1.807) is 12.1 Å². The molecule has 1 rings (SSSR count). The van der Waals surface area contributed by atoms with Crippen molar-refractivity contribution in [2.75, 3.05) is 20.3 Å². The molecule has 0 fully saturated rings. The molecular weight excluding hydrogens is 248 g/mol. The summed E-state index contributed by atoms with van der Waals surface area (Å²) in [7, 11) is 1.47. The highest BCUT2D eigenvalue weighted by atomic mass is 16.5. The summed E-state index contributed by atoms with van der Waals surface area (Å²) < 4.78 is 16.1. The normalized spacial score (nSPS) is 11.2. The zero-order valence-electron chi connectivity index (χ0n) is 11.7. The van der Waals surface area contributed by atoms with Crippen molar-refractivity contribution >= 4 is 5.97 Å². The molecule has 0 atom stereocenters. The van der Waals surface area contributed by atoms with Crippen LogP contribution in [-0.4, -0.2) is 37.0 Å². The van der Waals surface area contributed by atoms with Crippen molar-refractivity contribution in [1.82, 2.24) is 0 Å². The zero-order chi connectivity index (χ0) is 14.5. The van der Waals surface area contributed by atoms with E-state index < -0.39 is 5.97 Å². The number of carboxylic acids is 1. The van der Waals surface area contributed by atoms with Gasteiger partial charge >= 0.3 is 5.97 Å². The molecule has 1 aromatic rings. The number of aromatic carboxylic acids is 1. The Labute approximate surface area is 113 Å². The topological polar surface area (TPSA) is 65.0 Å². The second-order valence-electron chi connectivity index (χ2n) is 4.95. The quantitative estimate of drug-likeness (QED) is 0.803. The van der Waals surface area contributed by atoms with Crippen LogP contribution in [0.4, 0.5) is 0 Å². The highest BCUT2D eigenvalue weighted by Crippen LogP contribution is 2.31. The van der Waals surface area contributed by atoms with Gasteiger partial charge in [0.05, 0.1) is 19.3 Å². The number of rotatable bonds is 6. The molecule has 0 bridgehead atoms. The number of hydrogen-bond acceptors (Lipinski definition) is 4. The summed E-state index contributed by atoms with van der Waals surface area (Å²) in [6, 6.07) is 4.75. The van der Waals surface area contributed by atoms with Gasteiger partial charge in [0, 0.05) is 0 Å². The van der Waals surface area contributed by atoms with Crippen LogP contribution >= 0.6 is 0 Å². The van der Waals surface area contributed by atoms with Crippen LogP contribution in [0.15, 0.2) is 18.2 Å². The first-order valence-corrected chi connectivity index (χ1v) is 6.02. The van der Waals surface area contributed by atoms with Gasteiger partial charge in [-0.05, 0) is 32.9 Å². The standard InChI is InChI=1S/C14H20O5/c1-14(2,3)19-9-8-18-12-10(13(15)16)6-5-7-11(12)17-4/h5-7H,8-9H2,1-4H3,(H,15,16). The maximum absolute atomic E-state index is 11.1. The van der Waals surface area contributed by atoms with Crippen LogP contribution in [0.2, 0.25) is 0 Å². The molecule has 19 heavy (non-hydrogen) atoms.